The fourth-order valence-electron chi connectivity index (χ4n) is 3.75. The highest BCUT2D eigenvalue weighted by atomic mass is 16.5. The summed E-state index contributed by atoms with van der Waals surface area (Å²) in [5, 5.41) is 3.95. The second-order valence-corrected chi connectivity index (χ2v) is 6.43. The van der Waals surface area contributed by atoms with Crippen LogP contribution in [-0.4, -0.2) is 33.5 Å². The summed E-state index contributed by atoms with van der Waals surface area (Å²) < 4.78 is 5.01. The van der Waals surface area contributed by atoms with Crippen LogP contribution in [0.25, 0.3) is 0 Å². The van der Waals surface area contributed by atoms with Gasteiger partial charge in [-0.3, -0.25) is 4.79 Å². The van der Waals surface area contributed by atoms with Crippen molar-refractivity contribution in [2.24, 2.45) is 5.92 Å². The summed E-state index contributed by atoms with van der Waals surface area (Å²) in [6, 6.07) is 0.373. The first-order chi connectivity index (χ1) is 10.2. The second-order valence-electron chi connectivity index (χ2n) is 6.43. The molecule has 1 aliphatic carbocycles. The van der Waals surface area contributed by atoms with Crippen molar-refractivity contribution in [2.45, 2.75) is 70.8 Å². The monoisotopic (exact) mass is 291 g/mol. The molecule has 5 heteroatoms. The molecule has 2 aliphatic rings. The summed E-state index contributed by atoms with van der Waals surface area (Å²) in [6.07, 6.45) is 9.92. The van der Waals surface area contributed by atoms with Gasteiger partial charge in [-0.2, -0.15) is 4.98 Å². The van der Waals surface area contributed by atoms with Gasteiger partial charge in [0, 0.05) is 31.8 Å². The highest BCUT2D eigenvalue weighted by Crippen LogP contribution is 2.30. The third-order valence-corrected chi connectivity index (χ3v) is 4.89. The Morgan fingerprint density at radius 3 is 2.76 bits per heavy atom. The highest BCUT2D eigenvalue weighted by Gasteiger charge is 2.33. The summed E-state index contributed by atoms with van der Waals surface area (Å²) in [5.74, 6) is 2.07. The standard InChI is InChI=1S/C16H25N3O2/c1-12-17-15(18-21-12)10-9-14-8-5-11-19(14)16(20)13-6-3-2-4-7-13/h13-14H,2-11H2,1H3. The quantitative estimate of drug-likeness (QED) is 0.856. The number of aryl methyl sites for hydroxylation is 2. The molecule has 1 saturated carbocycles. The third-order valence-electron chi connectivity index (χ3n) is 4.89. The minimum absolute atomic E-state index is 0.284. The van der Waals surface area contributed by atoms with Crippen molar-refractivity contribution in [2.75, 3.05) is 6.54 Å². The number of likely N-dealkylation sites (tertiary alicyclic amines) is 1. The SMILES string of the molecule is Cc1nc(CCC2CCCN2C(=O)C2CCCCC2)no1. The molecule has 1 aliphatic heterocycles. The lowest BCUT2D eigenvalue weighted by Crippen LogP contribution is -2.40. The topological polar surface area (TPSA) is 59.2 Å². The Morgan fingerprint density at radius 2 is 2.05 bits per heavy atom. The van der Waals surface area contributed by atoms with E-state index in [2.05, 4.69) is 15.0 Å². The zero-order chi connectivity index (χ0) is 14.7. The Labute approximate surface area is 126 Å². The zero-order valence-corrected chi connectivity index (χ0v) is 12.9. The molecule has 3 rings (SSSR count). The minimum Gasteiger partial charge on any atom is -0.340 e. The lowest BCUT2D eigenvalue weighted by Gasteiger charge is -2.30. The van der Waals surface area contributed by atoms with Gasteiger partial charge in [-0.1, -0.05) is 24.4 Å². The first-order valence-electron chi connectivity index (χ1n) is 8.33. The predicted octanol–water partition coefficient (Wildman–Crippen LogP) is 2.88. The molecule has 1 aromatic rings. The number of aromatic nitrogens is 2. The number of carbonyl (C=O) groups is 1. The van der Waals surface area contributed by atoms with Crippen molar-refractivity contribution in [3.05, 3.63) is 11.7 Å². The van der Waals surface area contributed by atoms with E-state index in [0.29, 0.717) is 17.8 Å². The molecule has 1 amide bonds. The highest BCUT2D eigenvalue weighted by molar-refractivity contribution is 5.79. The summed E-state index contributed by atoms with van der Waals surface area (Å²) >= 11 is 0. The molecule has 1 aromatic heterocycles. The number of amides is 1. The molecule has 2 fully saturated rings. The Hall–Kier alpha value is -1.39. The third kappa shape index (κ3) is 3.44. The molecular weight excluding hydrogens is 266 g/mol. The van der Waals surface area contributed by atoms with E-state index in [9.17, 15) is 4.79 Å². The van der Waals surface area contributed by atoms with E-state index in [-0.39, 0.29) is 5.92 Å². The fourth-order valence-corrected chi connectivity index (χ4v) is 3.75. The van der Waals surface area contributed by atoms with Crippen molar-refractivity contribution in [1.29, 1.82) is 0 Å². The summed E-state index contributed by atoms with van der Waals surface area (Å²) in [7, 11) is 0. The van der Waals surface area contributed by atoms with Crippen LogP contribution in [0.15, 0.2) is 4.52 Å². The minimum atomic E-state index is 0.284. The summed E-state index contributed by atoms with van der Waals surface area (Å²) in [6.45, 7) is 2.75. The van der Waals surface area contributed by atoms with Crippen LogP contribution in [0.2, 0.25) is 0 Å². The molecule has 0 spiro atoms. The fraction of sp³-hybridized carbons (Fsp3) is 0.812. The van der Waals surface area contributed by atoms with Gasteiger partial charge in [0.1, 0.15) is 0 Å². The molecule has 0 radical (unpaired) electrons. The van der Waals surface area contributed by atoms with Gasteiger partial charge in [0.05, 0.1) is 0 Å². The molecule has 1 atom stereocenters. The Kier molecular flexibility index (Phi) is 4.56. The molecule has 0 aromatic carbocycles. The average Bonchev–Trinajstić information content (AvgIpc) is 3.14. The molecular formula is C16H25N3O2. The molecule has 0 N–H and O–H groups in total. The molecule has 0 bridgehead atoms. The summed E-state index contributed by atoms with van der Waals surface area (Å²) in [4.78, 5) is 19.1. The maximum atomic E-state index is 12.7. The van der Waals surface area contributed by atoms with Crippen LogP contribution in [-0.2, 0) is 11.2 Å². The van der Waals surface area contributed by atoms with E-state index in [1.54, 1.807) is 0 Å². The van der Waals surface area contributed by atoms with E-state index in [4.69, 9.17) is 4.52 Å². The first-order valence-corrected chi connectivity index (χ1v) is 8.33. The number of carbonyl (C=O) groups excluding carboxylic acids is 1. The number of hydrogen-bond acceptors (Lipinski definition) is 4. The Bertz CT molecular complexity index is 480. The first kappa shape index (κ1) is 14.5. The van der Waals surface area contributed by atoms with Crippen LogP contribution < -0.4 is 0 Å². The van der Waals surface area contributed by atoms with Crippen LogP contribution in [0, 0.1) is 12.8 Å². The maximum absolute atomic E-state index is 12.7. The van der Waals surface area contributed by atoms with Crippen molar-refractivity contribution in [3.8, 4) is 0 Å². The predicted molar refractivity (Wildman–Crippen MR) is 78.7 cm³/mol. The molecule has 116 valence electrons. The van der Waals surface area contributed by atoms with Crippen molar-refractivity contribution in [3.63, 3.8) is 0 Å². The van der Waals surface area contributed by atoms with Gasteiger partial charge in [0.2, 0.25) is 11.8 Å². The van der Waals surface area contributed by atoms with E-state index in [0.717, 1.165) is 50.9 Å². The smallest absolute Gasteiger partial charge is 0.225 e. The van der Waals surface area contributed by atoms with Gasteiger partial charge in [0.15, 0.2) is 5.82 Å². The van der Waals surface area contributed by atoms with Crippen molar-refractivity contribution >= 4 is 5.91 Å². The van der Waals surface area contributed by atoms with Gasteiger partial charge in [-0.25, -0.2) is 0 Å². The lowest BCUT2D eigenvalue weighted by atomic mass is 9.88. The molecule has 21 heavy (non-hydrogen) atoms. The van der Waals surface area contributed by atoms with Crippen molar-refractivity contribution < 1.29 is 9.32 Å². The van der Waals surface area contributed by atoms with Crippen LogP contribution in [0.4, 0.5) is 0 Å². The molecule has 1 unspecified atom stereocenters. The number of nitrogens with zero attached hydrogens (tertiary/aromatic N) is 3. The Morgan fingerprint density at radius 1 is 1.24 bits per heavy atom. The maximum Gasteiger partial charge on any atom is 0.225 e. The summed E-state index contributed by atoms with van der Waals surface area (Å²) in [5.41, 5.74) is 0. The van der Waals surface area contributed by atoms with Crippen LogP contribution in [0.1, 0.15) is 63.1 Å². The van der Waals surface area contributed by atoms with Gasteiger partial charge in [-0.05, 0) is 32.1 Å². The normalized spacial score (nSPS) is 23.7. The number of rotatable bonds is 4. The largest absolute Gasteiger partial charge is 0.340 e. The van der Waals surface area contributed by atoms with Crippen LogP contribution >= 0.6 is 0 Å². The zero-order valence-electron chi connectivity index (χ0n) is 12.9. The van der Waals surface area contributed by atoms with Gasteiger partial charge in [0.25, 0.3) is 0 Å². The average molecular weight is 291 g/mol. The number of hydrogen-bond donors (Lipinski definition) is 0. The van der Waals surface area contributed by atoms with E-state index in [1.807, 2.05) is 6.92 Å². The van der Waals surface area contributed by atoms with E-state index < -0.39 is 0 Å². The molecule has 5 nitrogen and oxygen atoms in total. The van der Waals surface area contributed by atoms with Gasteiger partial charge < -0.3 is 9.42 Å². The van der Waals surface area contributed by atoms with Crippen LogP contribution in [0.3, 0.4) is 0 Å². The second kappa shape index (κ2) is 6.58. The van der Waals surface area contributed by atoms with Crippen molar-refractivity contribution in [1.82, 2.24) is 15.0 Å². The van der Waals surface area contributed by atoms with E-state index >= 15 is 0 Å². The van der Waals surface area contributed by atoms with Crippen LogP contribution in [0.5, 0.6) is 0 Å². The Balaban J connectivity index is 1.55. The lowest BCUT2D eigenvalue weighted by molar-refractivity contribution is -0.137. The molecule has 2 heterocycles. The van der Waals surface area contributed by atoms with E-state index in [1.165, 1.54) is 19.3 Å². The van der Waals surface area contributed by atoms with Gasteiger partial charge in [-0.15, -0.1) is 0 Å². The molecule has 1 saturated heterocycles. The van der Waals surface area contributed by atoms with Gasteiger partial charge >= 0.3 is 0 Å².